The second kappa shape index (κ2) is 7.21. The van der Waals surface area contributed by atoms with Gasteiger partial charge in [-0.05, 0) is 36.8 Å². The Morgan fingerprint density at radius 2 is 1.85 bits per heavy atom. The molecule has 134 valence electrons. The summed E-state index contributed by atoms with van der Waals surface area (Å²) in [4.78, 5) is 12.6. The van der Waals surface area contributed by atoms with Gasteiger partial charge in [0, 0.05) is 22.3 Å². The summed E-state index contributed by atoms with van der Waals surface area (Å²) >= 11 is 6.07. The van der Waals surface area contributed by atoms with Crippen LogP contribution in [0.25, 0.3) is 17.0 Å². The maximum atomic E-state index is 12.6. The van der Waals surface area contributed by atoms with Crippen molar-refractivity contribution >= 4 is 23.2 Å². The fourth-order valence-corrected chi connectivity index (χ4v) is 3.15. The van der Waals surface area contributed by atoms with Crippen molar-refractivity contribution in [1.82, 2.24) is 19.9 Å². The zero-order valence-corrected chi connectivity index (χ0v) is 15.4. The van der Waals surface area contributed by atoms with Gasteiger partial charge in [-0.25, -0.2) is 0 Å². The summed E-state index contributed by atoms with van der Waals surface area (Å²) in [7, 11) is 0. The van der Waals surface area contributed by atoms with Crippen LogP contribution in [0.3, 0.4) is 0 Å². The lowest BCUT2D eigenvalue weighted by Gasteiger charge is -2.14. The van der Waals surface area contributed by atoms with Gasteiger partial charge < -0.3 is 5.32 Å². The number of carbonyl (C=O) groups excluding carboxylic acids is 1. The molecule has 4 aromatic rings. The minimum absolute atomic E-state index is 0.0881. The van der Waals surface area contributed by atoms with Crippen molar-refractivity contribution in [3.63, 3.8) is 0 Å². The molecule has 0 bridgehead atoms. The highest BCUT2D eigenvalue weighted by Crippen LogP contribution is 2.22. The molecule has 2 aromatic carbocycles. The fraction of sp³-hybridized carbons (Fsp3) is 0.0952. The molecule has 1 N–H and O–H groups in total. The van der Waals surface area contributed by atoms with E-state index >= 15 is 0 Å². The first-order valence-electron chi connectivity index (χ1n) is 8.58. The number of aromatic nitrogens is 3. The summed E-state index contributed by atoms with van der Waals surface area (Å²) in [6.07, 6.45) is 1.80. The predicted molar refractivity (Wildman–Crippen MR) is 106 cm³/mol. The standard InChI is InChI=1S/C21H17ClN4O/c1-14(15-6-3-2-4-7-15)23-21(27)17-10-11-26-19(13-17)24-25-20(26)16-8-5-9-18(22)12-16/h2-14H,1H3,(H,23,27). The zero-order chi connectivity index (χ0) is 18.8. The Balaban J connectivity index is 1.60. The van der Waals surface area contributed by atoms with Gasteiger partial charge in [0.2, 0.25) is 0 Å². The van der Waals surface area contributed by atoms with E-state index in [1.165, 1.54) is 0 Å². The highest BCUT2D eigenvalue weighted by Gasteiger charge is 2.14. The maximum absolute atomic E-state index is 12.6. The minimum Gasteiger partial charge on any atom is -0.346 e. The summed E-state index contributed by atoms with van der Waals surface area (Å²) in [6, 6.07) is 20.7. The molecular formula is C21H17ClN4O. The highest BCUT2D eigenvalue weighted by molar-refractivity contribution is 6.30. The molecule has 0 aliphatic carbocycles. The predicted octanol–water partition coefficient (Wildman–Crippen LogP) is 4.54. The molecule has 0 saturated heterocycles. The molecule has 1 unspecified atom stereocenters. The molecule has 1 atom stereocenters. The first-order chi connectivity index (χ1) is 13.1. The van der Waals surface area contributed by atoms with Gasteiger partial charge in [-0.2, -0.15) is 0 Å². The molecule has 0 aliphatic heterocycles. The molecule has 0 fully saturated rings. The molecular weight excluding hydrogens is 360 g/mol. The van der Waals surface area contributed by atoms with Crippen molar-refractivity contribution < 1.29 is 4.79 Å². The lowest BCUT2D eigenvalue weighted by molar-refractivity contribution is 0.0940. The van der Waals surface area contributed by atoms with Crippen LogP contribution < -0.4 is 5.32 Å². The summed E-state index contributed by atoms with van der Waals surface area (Å²) < 4.78 is 1.84. The molecule has 2 aromatic heterocycles. The Labute approximate surface area is 161 Å². The van der Waals surface area contributed by atoms with Crippen molar-refractivity contribution in [3.8, 4) is 11.4 Å². The van der Waals surface area contributed by atoms with Crippen LogP contribution >= 0.6 is 11.6 Å². The van der Waals surface area contributed by atoms with Gasteiger partial charge in [0.1, 0.15) is 0 Å². The van der Waals surface area contributed by atoms with Gasteiger partial charge in [-0.3, -0.25) is 9.20 Å². The second-order valence-corrected chi connectivity index (χ2v) is 6.72. The molecule has 0 spiro atoms. The van der Waals surface area contributed by atoms with Crippen molar-refractivity contribution in [2.24, 2.45) is 0 Å². The Kier molecular flexibility index (Phi) is 4.60. The van der Waals surface area contributed by atoms with E-state index in [4.69, 9.17) is 11.6 Å². The van der Waals surface area contributed by atoms with Crippen LogP contribution in [0.4, 0.5) is 0 Å². The normalized spacial score (nSPS) is 12.1. The SMILES string of the molecule is CC(NC(=O)c1ccn2c(-c3cccc(Cl)c3)nnc2c1)c1ccccc1. The fourth-order valence-electron chi connectivity index (χ4n) is 2.96. The third-order valence-electron chi connectivity index (χ3n) is 4.40. The largest absolute Gasteiger partial charge is 0.346 e. The molecule has 6 heteroatoms. The van der Waals surface area contributed by atoms with Gasteiger partial charge in [0.25, 0.3) is 5.91 Å². The Morgan fingerprint density at radius 3 is 2.63 bits per heavy atom. The topological polar surface area (TPSA) is 59.3 Å². The molecule has 0 aliphatic rings. The molecule has 2 heterocycles. The second-order valence-electron chi connectivity index (χ2n) is 6.28. The third-order valence-corrected chi connectivity index (χ3v) is 4.64. The molecule has 5 nitrogen and oxygen atoms in total. The average Bonchev–Trinajstić information content (AvgIpc) is 3.12. The lowest BCUT2D eigenvalue weighted by Crippen LogP contribution is -2.26. The van der Waals surface area contributed by atoms with Crippen molar-refractivity contribution in [1.29, 1.82) is 0 Å². The number of rotatable bonds is 4. The molecule has 1 amide bonds. The quantitative estimate of drug-likeness (QED) is 0.568. The van der Waals surface area contributed by atoms with Crippen LogP contribution in [0.1, 0.15) is 28.9 Å². The Morgan fingerprint density at radius 1 is 1.04 bits per heavy atom. The summed E-state index contributed by atoms with van der Waals surface area (Å²) in [5, 5.41) is 12.1. The number of hydrogen-bond acceptors (Lipinski definition) is 3. The van der Waals surface area contributed by atoms with E-state index in [-0.39, 0.29) is 11.9 Å². The number of carbonyl (C=O) groups is 1. The monoisotopic (exact) mass is 376 g/mol. The van der Waals surface area contributed by atoms with E-state index in [0.717, 1.165) is 11.1 Å². The Bertz CT molecular complexity index is 1110. The molecule has 4 rings (SSSR count). The lowest BCUT2D eigenvalue weighted by atomic mass is 10.1. The van der Waals surface area contributed by atoms with Crippen LogP contribution in [0, 0.1) is 0 Å². The van der Waals surface area contributed by atoms with Gasteiger partial charge in [0.15, 0.2) is 11.5 Å². The van der Waals surface area contributed by atoms with Gasteiger partial charge in [-0.15, -0.1) is 10.2 Å². The van der Waals surface area contributed by atoms with Crippen molar-refractivity contribution in [2.75, 3.05) is 0 Å². The van der Waals surface area contributed by atoms with E-state index in [9.17, 15) is 4.79 Å². The summed E-state index contributed by atoms with van der Waals surface area (Å²) in [5.74, 6) is 0.526. The first-order valence-corrected chi connectivity index (χ1v) is 8.96. The zero-order valence-electron chi connectivity index (χ0n) is 14.6. The number of amides is 1. The average molecular weight is 377 g/mol. The minimum atomic E-state index is -0.152. The van der Waals surface area contributed by atoms with Crippen LogP contribution in [0.2, 0.25) is 5.02 Å². The van der Waals surface area contributed by atoms with E-state index in [0.29, 0.717) is 22.1 Å². The van der Waals surface area contributed by atoms with Gasteiger partial charge in [0.05, 0.1) is 6.04 Å². The van der Waals surface area contributed by atoms with E-state index in [1.807, 2.05) is 65.9 Å². The van der Waals surface area contributed by atoms with Crippen molar-refractivity contribution in [2.45, 2.75) is 13.0 Å². The molecule has 27 heavy (non-hydrogen) atoms. The number of fused-ring (bicyclic) bond motifs is 1. The number of hydrogen-bond donors (Lipinski definition) is 1. The highest BCUT2D eigenvalue weighted by atomic mass is 35.5. The summed E-state index contributed by atoms with van der Waals surface area (Å²) in [5.41, 5.74) is 3.06. The van der Waals surface area contributed by atoms with E-state index in [2.05, 4.69) is 15.5 Å². The summed E-state index contributed by atoms with van der Waals surface area (Å²) in [6.45, 7) is 1.96. The van der Waals surface area contributed by atoms with Crippen molar-refractivity contribution in [3.05, 3.63) is 89.1 Å². The number of nitrogens with one attached hydrogen (secondary N) is 1. The van der Waals surface area contributed by atoms with Crippen LogP contribution in [-0.4, -0.2) is 20.5 Å². The van der Waals surface area contributed by atoms with Gasteiger partial charge >= 0.3 is 0 Å². The Hall–Kier alpha value is -3.18. The van der Waals surface area contributed by atoms with E-state index < -0.39 is 0 Å². The number of benzene rings is 2. The van der Waals surface area contributed by atoms with Crippen LogP contribution in [-0.2, 0) is 0 Å². The molecule has 0 radical (unpaired) electrons. The molecule has 0 saturated carbocycles. The maximum Gasteiger partial charge on any atom is 0.251 e. The number of pyridine rings is 1. The van der Waals surface area contributed by atoms with E-state index in [1.54, 1.807) is 18.3 Å². The smallest absolute Gasteiger partial charge is 0.251 e. The number of nitrogens with zero attached hydrogens (tertiary/aromatic N) is 3. The van der Waals surface area contributed by atoms with Gasteiger partial charge in [-0.1, -0.05) is 54.1 Å². The first kappa shape index (κ1) is 17.2. The van der Waals surface area contributed by atoms with Crippen LogP contribution in [0.5, 0.6) is 0 Å². The number of halogens is 1. The third kappa shape index (κ3) is 3.55. The van der Waals surface area contributed by atoms with Crippen LogP contribution in [0.15, 0.2) is 72.9 Å².